The third-order valence-electron chi connectivity index (χ3n) is 0.494. The number of carboxylic acids is 1. The quantitative estimate of drug-likeness (QED) is 0.319. The van der Waals surface area contributed by atoms with Crippen LogP contribution in [-0.2, 0) is 4.79 Å². The molecule has 0 saturated carbocycles. The Morgan fingerprint density at radius 1 is 1.50 bits per heavy atom. The Hall–Kier alpha value is 0.0674. The molecule has 44 valence electrons. The van der Waals surface area contributed by atoms with Crippen molar-refractivity contribution in [3.05, 3.63) is 7.43 Å². The van der Waals surface area contributed by atoms with Gasteiger partial charge in [-0.3, -0.25) is 4.79 Å². The first-order valence-corrected chi connectivity index (χ1v) is 1.87. The number of rotatable bonds is 1. The van der Waals surface area contributed by atoms with Crippen LogP contribution in [0, 0.1) is 13.3 Å². The number of hydrogen-bond donors (Lipinski definition) is 1. The van der Waals surface area contributed by atoms with E-state index in [1.807, 2.05) is 0 Å². The van der Waals surface area contributed by atoms with Crippen molar-refractivity contribution >= 4 is 5.97 Å². The Labute approximate surface area is 62.5 Å². The molecule has 0 aliphatic rings. The van der Waals surface area contributed by atoms with Gasteiger partial charge in [0, 0.05) is 0 Å². The van der Waals surface area contributed by atoms with E-state index in [0.717, 1.165) is 0 Å². The predicted octanol–water partition coefficient (Wildman–Crippen LogP) is -1.82. The molecule has 0 saturated heterocycles. The van der Waals surface area contributed by atoms with Gasteiger partial charge in [0.15, 0.2) is 0 Å². The second-order valence-corrected chi connectivity index (χ2v) is 1.49. The molecule has 0 aliphatic heterocycles. The first-order valence-electron chi connectivity index (χ1n) is 1.87. The zero-order valence-electron chi connectivity index (χ0n) is 5.93. The summed E-state index contributed by atoms with van der Waals surface area (Å²) in [7, 11) is 0. The third kappa shape index (κ3) is 9.42. The van der Waals surface area contributed by atoms with Crippen LogP contribution in [0.25, 0.3) is 0 Å². The number of carboxylic acid groups (broad SMARTS) is 1. The van der Waals surface area contributed by atoms with E-state index in [4.69, 9.17) is 5.11 Å². The van der Waals surface area contributed by atoms with Crippen molar-refractivity contribution in [1.82, 2.24) is 0 Å². The zero-order valence-corrected chi connectivity index (χ0v) is 5.93. The van der Waals surface area contributed by atoms with Crippen molar-refractivity contribution in [2.45, 2.75) is 13.8 Å². The number of aliphatic carboxylic acids is 1. The minimum atomic E-state index is -0.741. The molecule has 0 rings (SSSR count). The van der Waals surface area contributed by atoms with E-state index in [2.05, 4.69) is 0 Å². The second kappa shape index (κ2) is 7.07. The van der Waals surface area contributed by atoms with Crippen molar-refractivity contribution in [3.8, 4) is 0 Å². The minimum Gasteiger partial charge on any atom is -0.481 e. The molecular weight excluding hydrogens is 99.0 g/mol. The van der Waals surface area contributed by atoms with Gasteiger partial charge in [0.1, 0.15) is 0 Å². The summed E-state index contributed by atoms with van der Waals surface area (Å²) in [5.41, 5.74) is 0. The molecule has 0 aromatic carbocycles. The van der Waals surface area contributed by atoms with Crippen molar-refractivity contribution < 1.29 is 28.8 Å². The molecular formula is C5H11LiO2. The van der Waals surface area contributed by atoms with Gasteiger partial charge in [-0.05, 0) is 0 Å². The Morgan fingerprint density at radius 3 is 1.62 bits per heavy atom. The third-order valence-corrected chi connectivity index (χ3v) is 0.494. The molecule has 0 unspecified atom stereocenters. The summed E-state index contributed by atoms with van der Waals surface area (Å²) >= 11 is 0. The van der Waals surface area contributed by atoms with Gasteiger partial charge in [0.25, 0.3) is 0 Å². The van der Waals surface area contributed by atoms with Crippen LogP contribution in [0.3, 0.4) is 0 Å². The van der Waals surface area contributed by atoms with Crippen LogP contribution in [0.4, 0.5) is 0 Å². The van der Waals surface area contributed by atoms with Crippen molar-refractivity contribution in [2.24, 2.45) is 5.92 Å². The average molecular weight is 110 g/mol. The molecule has 0 amide bonds. The molecule has 0 heterocycles. The molecule has 0 aromatic heterocycles. The standard InChI is InChI=1S/C4H8O2.CH3.Li/c1-3(2)4(5)6;;/h3H,1-2H3,(H,5,6);1H3;/q;-1;+1. The molecule has 0 fully saturated rings. The molecule has 0 aliphatic carbocycles. The molecule has 0 spiro atoms. The maximum atomic E-state index is 9.70. The fourth-order valence-corrected chi connectivity index (χ4v) is 0. The first-order chi connectivity index (χ1) is 2.64. The van der Waals surface area contributed by atoms with Crippen LogP contribution in [0.2, 0.25) is 0 Å². The van der Waals surface area contributed by atoms with Gasteiger partial charge in [-0.1, -0.05) is 13.8 Å². The molecule has 0 radical (unpaired) electrons. The normalized spacial score (nSPS) is 6.88. The van der Waals surface area contributed by atoms with Gasteiger partial charge in [0.2, 0.25) is 0 Å². The molecule has 3 heteroatoms. The molecule has 8 heavy (non-hydrogen) atoms. The summed E-state index contributed by atoms with van der Waals surface area (Å²) in [4.78, 5) is 9.70. The van der Waals surface area contributed by atoms with Crippen LogP contribution in [-0.4, -0.2) is 11.1 Å². The molecule has 2 nitrogen and oxygen atoms in total. The van der Waals surface area contributed by atoms with Crippen LogP contribution < -0.4 is 18.9 Å². The summed E-state index contributed by atoms with van der Waals surface area (Å²) in [5.74, 6) is -0.972. The SMILES string of the molecule is CC(C)C(=O)O.[CH3-].[Li+]. The maximum Gasteiger partial charge on any atom is 1.00 e. The van der Waals surface area contributed by atoms with Crippen LogP contribution in [0.1, 0.15) is 13.8 Å². The van der Waals surface area contributed by atoms with Crippen molar-refractivity contribution in [1.29, 1.82) is 0 Å². The van der Waals surface area contributed by atoms with Crippen molar-refractivity contribution in [3.63, 3.8) is 0 Å². The maximum absolute atomic E-state index is 9.70. The Balaban J connectivity index is -0.000000125. The van der Waals surface area contributed by atoms with Crippen LogP contribution >= 0.6 is 0 Å². The summed E-state index contributed by atoms with van der Waals surface area (Å²) < 4.78 is 0. The summed E-state index contributed by atoms with van der Waals surface area (Å²) in [6.45, 7) is 3.28. The molecule has 1 N–H and O–H groups in total. The van der Waals surface area contributed by atoms with Crippen molar-refractivity contribution in [2.75, 3.05) is 0 Å². The van der Waals surface area contributed by atoms with E-state index in [1.165, 1.54) is 0 Å². The first kappa shape index (κ1) is 15.7. The second-order valence-electron chi connectivity index (χ2n) is 1.49. The molecule has 0 atom stereocenters. The summed E-state index contributed by atoms with van der Waals surface area (Å²) in [6, 6.07) is 0. The topological polar surface area (TPSA) is 37.3 Å². The fraction of sp³-hybridized carbons (Fsp3) is 0.600. The zero-order chi connectivity index (χ0) is 5.15. The van der Waals surface area contributed by atoms with Gasteiger partial charge in [-0.15, -0.1) is 0 Å². The Bertz CT molecular complexity index is 61.4. The molecule has 0 aromatic rings. The van der Waals surface area contributed by atoms with Gasteiger partial charge in [-0.2, -0.15) is 0 Å². The predicted molar refractivity (Wildman–Crippen MR) is 28.9 cm³/mol. The summed E-state index contributed by atoms with van der Waals surface area (Å²) in [5, 5.41) is 7.99. The molecule has 0 bridgehead atoms. The fourth-order valence-electron chi connectivity index (χ4n) is 0. The number of hydrogen-bond acceptors (Lipinski definition) is 1. The van der Waals surface area contributed by atoms with Gasteiger partial charge < -0.3 is 12.5 Å². The van der Waals surface area contributed by atoms with E-state index in [0.29, 0.717) is 0 Å². The smallest absolute Gasteiger partial charge is 0.481 e. The monoisotopic (exact) mass is 110 g/mol. The minimum absolute atomic E-state index is 0. The Morgan fingerprint density at radius 2 is 1.62 bits per heavy atom. The van der Waals surface area contributed by atoms with Gasteiger partial charge >= 0.3 is 24.8 Å². The number of carbonyl (C=O) groups is 1. The van der Waals surface area contributed by atoms with Crippen LogP contribution in [0.5, 0.6) is 0 Å². The van der Waals surface area contributed by atoms with E-state index < -0.39 is 5.97 Å². The van der Waals surface area contributed by atoms with Gasteiger partial charge in [-0.25, -0.2) is 0 Å². The van der Waals surface area contributed by atoms with E-state index in [1.54, 1.807) is 13.8 Å². The Kier molecular flexibility index (Phi) is 13.9. The van der Waals surface area contributed by atoms with E-state index in [9.17, 15) is 4.79 Å². The van der Waals surface area contributed by atoms with E-state index >= 15 is 0 Å². The average Bonchev–Trinajstić information content (AvgIpc) is 1.36. The van der Waals surface area contributed by atoms with E-state index in [-0.39, 0.29) is 32.2 Å². The van der Waals surface area contributed by atoms with Crippen LogP contribution in [0.15, 0.2) is 0 Å². The van der Waals surface area contributed by atoms with Gasteiger partial charge in [0.05, 0.1) is 5.92 Å². The largest absolute Gasteiger partial charge is 1.00 e. The summed E-state index contributed by atoms with van der Waals surface area (Å²) in [6.07, 6.45) is 0.